The predicted octanol–water partition coefficient (Wildman–Crippen LogP) is 3.24. The Kier molecular flexibility index (Phi) is 4.06. The SMILES string of the molecule is O=C(NCc1ccc(Cl)cc1)c1ccc(NC2CC2)cn1. The van der Waals surface area contributed by atoms with E-state index in [0.29, 0.717) is 23.3 Å². The molecule has 2 aromatic rings. The molecule has 0 spiro atoms. The molecule has 0 atom stereocenters. The third-order valence-corrected chi connectivity index (χ3v) is 3.56. The van der Waals surface area contributed by atoms with Gasteiger partial charge in [-0.25, -0.2) is 4.98 Å². The highest BCUT2D eigenvalue weighted by Crippen LogP contribution is 2.24. The van der Waals surface area contributed by atoms with Crippen LogP contribution in [0.4, 0.5) is 5.69 Å². The Morgan fingerprint density at radius 1 is 1.19 bits per heavy atom. The highest BCUT2D eigenvalue weighted by Gasteiger charge is 2.20. The van der Waals surface area contributed by atoms with E-state index >= 15 is 0 Å². The minimum absolute atomic E-state index is 0.178. The molecule has 4 nitrogen and oxygen atoms in total. The predicted molar refractivity (Wildman–Crippen MR) is 83.5 cm³/mol. The molecule has 2 N–H and O–H groups in total. The van der Waals surface area contributed by atoms with Crippen molar-refractivity contribution < 1.29 is 4.79 Å². The van der Waals surface area contributed by atoms with Gasteiger partial charge in [-0.1, -0.05) is 23.7 Å². The summed E-state index contributed by atoms with van der Waals surface area (Å²) in [4.78, 5) is 16.2. The highest BCUT2D eigenvalue weighted by atomic mass is 35.5. The molecule has 1 fully saturated rings. The Bertz CT molecular complexity index is 621. The Balaban J connectivity index is 1.55. The molecule has 1 aliphatic rings. The first-order valence-electron chi connectivity index (χ1n) is 6.96. The van der Waals surface area contributed by atoms with Crippen LogP contribution in [-0.4, -0.2) is 16.9 Å². The van der Waals surface area contributed by atoms with E-state index in [2.05, 4.69) is 15.6 Å². The van der Waals surface area contributed by atoms with Crippen LogP contribution >= 0.6 is 11.6 Å². The number of benzene rings is 1. The summed E-state index contributed by atoms with van der Waals surface area (Å²) in [5.41, 5.74) is 2.39. The summed E-state index contributed by atoms with van der Waals surface area (Å²) in [5.74, 6) is -0.178. The molecule has 1 amide bonds. The second-order valence-electron chi connectivity index (χ2n) is 5.16. The van der Waals surface area contributed by atoms with Crippen LogP contribution in [0.5, 0.6) is 0 Å². The number of nitrogens with one attached hydrogen (secondary N) is 2. The Labute approximate surface area is 128 Å². The lowest BCUT2D eigenvalue weighted by Gasteiger charge is -2.07. The molecule has 0 aliphatic heterocycles. The molecule has 21 heavy (non-hydrogen) atoms. The highest BCUT2D eigenvalue weighted by molar-refractivity contribution is 6.30. The van der Waals surface area contributed by atoms with Crippen molar-refractivity contribution in [3.63, 3.8) is 0 Å². The summed E-state index contributed by atoms with van der Waals surface area (Å²) in [6.45, 7) is 0.458. The summed E-state index contributed by atoms with van der Waals surface area (Å²) >= 11 is 5.82. The monoisotopic (exact) mass is 301 g/mol. The molecule has 0 unspecified atom stereocenters. The van der Waals surface area contributed by atoms with Gasteiger partial charge in [0.2, 0.25) is 0 Å². The average Bonchev–Trinajstić information content (AvgIpc) is 3.31. The second-order valence-corrected chi connectivity index (χ2v) is 5.60. The van der Waals surface area contributed by atoms with Crippen molar-refractivity contribution in [2.75, 3.05) is 5.32 Å². The van der Waals surface area contributed by atoms with Crippen LogP contribution in [0.1, 0.15) is 28.9 Å². The van der Waals surface area contributed by atoms with Crippen LogP contribution in [0.15, 0.2) is 42.6 Å². The van der Waals surface area contributed by atoms with Crippen LogP contribution in [-0.2, 0) is 6.54 Å². The first-order valence-corrected chi connectivity index (χ1v) is 7.34. The van der Waals surface area contributed by atoms with Gasteiger partial charge in [-0.05, 0) is 42.7 Å². The van der Waals surface area contributed by atoms with Gasteiger partial charge in [0.25, 0.3) is 5.91 Å². The third kappa shape index (κ3) is 3.95. The van der Waals surface area contributed by atoms with Crippen molar-refractivity contribution in [2.24, 2.45) is 0 Å². The molecule has 0 bridgehead atoms. The van der Waals surface area contributed by atoms with E-state index in [0.717, 1.165) is 11.3 Å². The maximum Gasteiger partial charge on any atom is 0.270 e. The maximum absolute atomic E-state index is 12.0. The van der Waals surface area contributed by atoms with Crippen molar-refractivity contribution in [2.45, 2.75) is 25.4 Å². The van der Waals surface area contributed by atoms with Crippen molar-refractivity contribution in [1.82, 2.24) is 10.3 Å². The number of halogens is 1. The smallest absolute Gasteiger partial charge is 0.270 e. The number of rotatable bonds is 5. The number of amides is 1. The summed E-state index contributed by atoms with van der Waals surface area (Å²) < 4.78 is 0. The van der Waals surface area contributed by atoms with Gasteiger partial charge >= 0.3 is 0 Å². The van der Waals surface area contributed by atoms with E-state index in [1.807, 2.05) is 18.2 Å². The third-order valence-electron chi connectivity index (χ3n) is 3.31. The lowest BCUT2D eigenvalue weighted by Crippen LogP contribution is -2.23. The van der Waals surface area contributed by atoms with Gasteiger partial charge in [0, 0.05) is 17.6 Å². The largest absolute Gasteiger partial charge is 0.381 e. The van der Waals surface area contributed by atoms with Gasteiger partial charge in [0.05, 0.1) is 11.9 Å². The molecule has 1 aliphatic carbocycles. The zero-order chi connectivity index (χ0) is 14.7. The molecule has 5 heteroatoms. The molecule has 0 radical (unpaired) electrons. The number of hydrogen-bond acceptors (Lipinski definition) is 3. The summed E-state index contributed by atoms with van der Waals surface area (Å²) in [5, 5.41) is 6.87. The normalized spacial score (nSPS) is 13.8. The molecule has 0 saturated heterocycles. The number of aromatic nitrogens is 1. The van der Waals surface area contributed by atoms with Crippen LogP contribution in [0.3, 0.4) is 0 Å². The molecule has 108 valence electrons. The summed E-state index contributed by atoms with van der Waals surface area (Å²) in [6, 6.07) is 11.6. The van der Waals surface area contributed by atoms with E-state index in [-0.39, 0.29) is 5.91 Å². The van der Waals surface area contributed by atoms with Crippen LogP contribution in [0.25, 0.3) is 0 Å². The first kappa shape index (κ1) is 13.9. The second kappa shape index (κ2) is 6.14. The lowest BCUT2D eigenvalue weighted by molar-refractivity contribution is 0.0946. The van der Waals surface area contributed by atoms with E-state index in [4.69, 9.17) is 11.6 Å². The topological polar surface area (TPSA) is 54.0 Å². The fourth-order valence-electron chi connectivity index (χ4n) is 1.95. The fourth-order valence-corrected chi connectivity index (χ4v) is 2.08. The Morgan fingerprint density at radius 2 is 1.95 bits per heavy atom. The Hall–Kier alpha value is -2.07. The van der Waals surface area contributed by atoms with Crippen molar-refractivity contribution in [1.29, 1.82) is 0 Å². The summed E-state index contributed by atoms with van der Waals surface area (Å²) in [7, 11) is 0. The quantitative estimate of drug-likeness (QED) is 0.891. The van der Waals surface area contributed by atoms with Crippen LogP contribution in [0, 0.1) is 0 Å². The number of anilines is 1. The number of carbonyl (C=O) groups excluding carboxylic acids is 1. The van der Waals surface area contributed by atoms with E-state index < -0.39 is 0 Å². The molecule has 1 saturated carbocycles. The minimum Gasteiger partial charge on any atom is -0.381 e. The average molecular weight is 302 g/mol. The van der Waals surface area contributed by atoms with Gasteiger partial charge in [0.1, 0.15) is 5.69 Å². The zero-order valence-electron chi connectivity index (χ0n) is 11.5. The van der Waals surface area contributed by atoms with Crippen molar-refractivity contribution in [3.05, 3.63) is 58.9 Å². The van der Waals surface area contributed by atoms with Crippen LogP contribution in [0.2, 0.25) is 5.02 Å². The van der Waals surface area contributed by atoms with E-state index in [1.165, 1.54) is 12.8 Å². The molecular weight excluding hydrogens is 286 g/mol. The molecule has 3 rings (SSSR count). The standard InChI is InChI=1S/C16H16ClN3O/c17-12-3-1-11(2-4-12)9-19-16(21)15-8-7-14(10-18-15)20-13-5-6-13/h1-4,7-8,10,13,20H,5-6,9H2,(H,19,21). The van der Waals surface area contributed by atoms with Crippen molar-refractivity contribution in [3.8, 4) is 0 Å². The van der Waals surface area contributed by atoms with Crippen molar-refractivity contribution >= 4 is 23.2 Å². The van der Waals surface area contributed by atoms with Gasteiger partial charge in [-0.15, -0.1) is 0 Å². The first-order chi connectivity index (χ1) is 10.2. The number of hydrogen-bond donors (Lipinski definition) is 2. The maximum atomic E-state index is 12.0. The molecule has 1 aromatic heterocycles. The molecular formula is C16H16ClN3O. The zero-order valence-corrected chi connectivity index (χ0v) is 12.2. The van der Waals surface area contributed by atoms with Gasteiger partial charge in [-0.2, -0.15) is 0 Å². The van der Waals surface area contributed by atoms with E-state index in [1.54, 1.807) is 24.4 Å². The van der Waals surface area contributed by atoms with Crippen LogP contribution < -0.4 is 10.6 Å². The molecule has 1 aromatic carbocycles. The number of carbonyl (C=O) groups is 1. The fraction of sp³-hybridized carbons (Fsp3) is 0.250. The lowest BCUT2D eigenvalue weighted by atomic mass is 10.2. The minimum atomic E-state index is -0.178. The number of nitrogens with zero attached hydrogens (tertiary/aromatic N) is 1. The molecule has 1 heterocycles. The van der Waals surface area contributed by atoms with Gasteiger partial charge < -0.3 is 10.6 Å². The number of pyridine rings is 1. The summed E-state index contributed by atoms with van der Waals surface area (Å²) in [6.07, 6.45) is 4.13. The van der Waals surface area contributed by atoms with E-state index in [9.17, 15) is 4.79 Å². The Morgan fingerprint density at radius 3 is 2.57 bits per heavy atom. The van der Waals surface area contributed by atoms with Gasteiger partial charge in [-0.3, -0.25) is 4.79 Å². The van der Waals surface area contributed by atoms with Gasteiger partial charge in [0.15, 0.2) is 0 Å².